The van der Waals surface area contributed by atoms with Crippen LogP contribution in [0.15, 0.2) is 72.8 Å². The zero-order valence-electron chi connectivity index (χ0n) is 21.9. The molecule has 0 amide bonds. The van der Waals surface area contributed by atoms with E-state index >= 15 is 4.39 Å². The van der Waals surface area contributed by atoms with Crippen LogP contribution in [0.25, 0.3) is 22.3 Å². The Kier molecular flexibility index (Phi) is 6.76. The molecule has 2 heterocycles. The second-order valence-electron chi connectivity index (χ2n) is 10.2. The maximum absolute atomic E-state index is 15.4. The highest BCUT2D eigenvalue weighted by Crippen LogP contribution is 2.36. The van der Waals surface area contributed by atoms with Crippen LogP contribution in [0.3, 0.4) is 0 Å². The van der Waals surface area contributed by atoms with Gasteiger partial charge in [-0.15, -0.1) is 0 Å². The summed E-state index contributed by atoms with van der Waals surface area (Å²) in [4.78, 5) is 20.8. The van der Waals surface area contributed by atoms with Crippen molar-refractivity contribution < 1.29 is 23.4 Å². The number of aromatic carboxylic acids is 1. The zero-order chi connectivity index (χ0) is 27.8. The minimum Gasteiger partial charge on any atom is -0.478 e. The summed E-state index contributed by atoms with van der Waals surface area (Å²) in [5, 5.41) is 9.46. The maximum atomic E-state index is 15.4. The number of benzene rings is 3. The van der Waals surface area contributed by atoms with Crippen molar-refractivity contribution in [3.8, 4) is 17.1 Å². The fraction of sp³-hybridized carbons (Fsp3) is 0.219. The normalized spacial score (nSPS) is 13.4. The molecule has 0 saturated heterocycles. The number of carbonyl (C=O) groups is 1. The Morgan fingerprint density at radius 1 is 0.975 bits per heavy atom. The van der Waals surface area contributed by atoms with Crippen LogP contribution in [0, 0.1) is 18.6 Å². The number of nitrogens with zero attached hydrogens (tertiary/aromatic N) is 3. The van der Waals surface area contributed by atoms with Crippen LogP contribution in [0.4, 0.5) is 8.78 Å². The molecule has 0 unspecified atom stereocenters. The first kappa shape index (κ1) is 25.7. The number of fused-ring (bicyclic) bond motifs is 1. The summed E-state index contributed by atoms with van der Waals surface area (Å²) in [6.07, 6.45) is 3.34. The van der Waals surface area contributed by atoms with E-state index in [0.29, 0.717) is 39.6 Å². The topological polar surface area (TPSA) is 77.2 Å². The largest absolute Gasteiger partial charge is 0.478 e. The average molecular weight is 540 g/mol. The second-order valence-corrected chi connectivity index (χ2v) is 10.2. The Morgan fingerprint density at radius 3 is 2.50 bits per heavy atom. The highest BCUT2D eigenvalue weighted by molar-refractivity contribution is 5.92. The summed E-state index contributed by atoms with van der Waals surface area (Å²) in [7, 11) is 0. The van der Waals surface area contributed by atoms with Crippen LogP contribution < -0.4 is 4.74 Å². The van der Waals surface area contributed by atoms with Crippen LogP contribution >= 0.6 is 0 Å². The van der Waals surface area contributed by atoms with Crippen molar-refractivity contribution in [3.63, 3.8) is 0 Å². The first-order valence-corrected chi connectivity index (χ1v) is 13.2. The minimum atomic E-state index is -0.989. The fourth-order valence-corrected chi connectivity index (χ4v) is 5.05. The maximum Gasteiger partial charge on any atom is 0.335 e. The molecule has 6 nitrogen and oxygen atoms in total. The molecule has 3 aromatic carbocycles. The number of pyridine rings is 1. The average Bonchev–Trinajstić information content (AvgIpc) is 3.25. The molecular formula is C32H27F2N3O3. The molecule has 0 aliphatic heterocycles. The number of aromatic nitrogens is 3. The summed E-state index contributed by atoms with van der Waals surface area (Å²) >= 11 is 0. The van der Waals surface area contributed by atoms with Gasteiger partial charge in [0, 0.05) is 29.7 Å². The Bertz CT molecular complexity index is 1740. The molecule has 0 atom stereocenters. The summed E-state index contributed by atoms with van der Waals surface area (Å²) in [6.45, 7) is 1.86. The van der Waals surface area contributed by atoms with Crippen molar-refractivity contribution in [1.82, 2.24) is 14.5 Å². The summed E-state index contributed by atoms with van der Waals surface area (Å²) in [5.41, 5.74) is 4.55. The number of carboxylic acids is 1. The van der Waals surface area contributed by atoms with Crippen LogP contribution in [-0.2, 0) is 13.0 Å². The second kappa shape index (κ2) is 10.5. The van der Waals surface area contributed by atoms with Crippen LogP contribution in [0.2, 0.25) is 0 Å². The number of hydrogen-bond donors (Lipinski definition) is 1. The number of aryl methyl sites for hydroxylation is 1. The predicted octanol–water partition coefficient (Wildman–Crippen LogP) is 7.28. The van der Waals surface area contributed by atoms with Gasteiger partial charge in [0.2, 0.25) is 5.88 Å². The minimum absolute atomic E-state index is 0.0336. The highest BCUT2D eigenvalue weighted by atomic mass is 19.1. The van der Waals surface area contributed by atoms with E-state index in [9.17, 15) is 14.3 Å². The van der Waals surface area contributed by atoms with E-state index in [4.69, 9.17) is 9.72 Å². The van der Waals surface area contributed by atoms with Crippen LogP contribution in [0.5, 0.6) is 5.88 Å². The molecule has 0 bridgehead atoms. The molecule has 0 radical (unpaired) electrons. The van der Waals surface area contributed by atoms with E-state index in [-0.39, 0.29) is 36.3 Å². The Hall–Kier alpha value is -4.59. The molecule has 5 aromatic rings. The van der Waals surface area contributed by atoms with Gasteiger partial charge in [-0.25, -0.2) is 23.5 Å². The van der Waals surface area contributed by atoms with Crippen molar-refractivity contribution in [3.05, 3.63) is 113 Å². The van der Waals surface area contributed by atoms with Gasteiger partial charge in [-0.05, 0) is 73.7 Å². The highest BCUT2D eigenvalue weighted by Gasteiger charge is 2.26. The van der Waals surface area contributed by atoms with Crippen molar-refractivity contribution in [2.24, 2.45) is 0 Å². The van der Waals surface area contributed by atoms with E-state index in [1.165, 1.54) is 12.1 Å². The number of rotatable bonds is 8. The van der Waals surface area contributed by atoms with Crippen LogP contribution in [0.1, 0.15) is 58.2 Å². The van der Waals surface area contributed by atoms with Gasteiger partial charge in [0.25, 0.3) is 0 Å². The first-order valence-electron chi connectivity index (χ1n) is 13.2. The summed E-state index contributed by atoms with van der Waals surface area (Å²) < 4.78 is 37.4. The summed E-state index contributed by atoms with van der Waals surface area (Å²) in [5.74, 6) is -0.674. The van der Waals surface area contributed by atoms with E-state index in [1.54, 1.807) is 48.5 Å². The molecular weight excluding hydrogens is 512 g/mol. The molecule has 202 valence electrons. The zero-order valence-corrected chi connectivity index (χ0v) is 21.9. The SMILES string of the molecule is Cc1ccc(COc2cccc(-c3ccc(Cc4nc5ccc(C(=O)O)cc5n4C4CCC4)c(F)c3)n2)c(F)c1. The van der Waals surface area contributed by atoms with Crippen molar-refractivity contribution >= 4 is 17.0 Å². The molecule has 1 N–H and O–H groups in total. The molecule has 2 aromatic heterocycles. The third kappa shape index (κ3) is 5.04. The fourth-order valence-electron chi connectivity index (χ4n) is 5.05. The predicted molar refractivity (Wildman–Crippen MR) is 147 cm³/mol. The van der Waals surface area contributed by atoms with Gasteiger partial charge in [0.15, 0.2) is 0 Å². The Morgan fingerprint density at radius 2 is 1.77 bits per heavy atom. The van der Waals surface area contributed by atoms with E-state index in [2.05, 4.69) is 9.55 Å². The van der Waals surface area contributed by atoms with E-state index in [1.807, 2.05) is 19.1 Å². The molecule has 6 rings (SSSR count). The monoisotopic (exact) mass is 539 g/mol. The molecule has 1 saturated carbocycles. The van der Waals surface area contributed by atoms with Gasteiger partial charge < -0.3 is 14.4 Å². The number of ether oxygens (including phenoxy) is 1. The number of carboxylic acid groups (broad SMARTS) is 1. The number of imidazole rings is 1. The number of hydrogen-bond acceptors (Lipinski definition) is 4. The van der Waals surface area contributed by atoms with Crippen molar-refractivity contribution in [2.45, 2.75) is 45.3 Å². The molecule has 8 heteroatoms. The molecule has 40 heavy (non-hydrogen) atoms. The standard InChI is InChI=1S/C32H27F2N3O3/c1-19-8-9-23(25(33)14-19)18-40-31-7-3-6-27(36-31)21-11-10-20(26(34)15-21)17-30-35-28-13-12-22(32(38)39)16-29(28)37(30)24-4-2-5-24/h3,6-16,24H,2,4-5,17-18H2,1H3,(H,38,39). The molecule has 1 fully saturated rings. The summed E-state index contributed by atoms with van der Waals surface area (Å²) in [6, 6.07) is 20.3. The third-order valence-corrected chi connectivity index (χ3v) is 7.45. The van der Waals surface area contributed by atoms with Gasteiger partial charge in [0.05, 0.1) is 22.3 Å². The lowest BCUT2D eigenvalue weighted by atomic mass is 9.92. The third-order valence-electron chi connectivity index (χ3n) is 7.45. The lowest BCUT2D eigenvalue weighted by molar-refractivity contribution is 0.0697. The lowest BCUT2D eigenvalue weighted by Crippen LogP contribution is -2.19. The first-order chi connectivity index (χ1) is 19.4. The van der Waals surface area contributed by atoms with Crippen LogP contribution in [-0.4, -0.2) is 25.6 Å². The lowest BCUT2D eigenvalue weighted by Gasteiger charge is -2.29. The van der Waals surface area contributed by atoms with Gasteiger partial charge >= 0.3 is 5.97 Å². The van der Waals surface area contributed by atoms with Crippen molar-refractivity contribution in [1.29, 1.82) is 0 Å². The van der Waals surface area contributed by atoms with E-state index < -0.39 is 5.97 Å². The Labute approximate surface area is 229 Å². The van der Waals surface area contributed by atoms with Gasteiger partial charge in [-0.2, -0.15) is 0 Å². The smallest absolute Gasteiger partial charge is 0.335 e. The van der Waals surface area contributed by atoms with Crippen molar-refractivity contribution in [2.75, 3.05) is 0 Å². The van der Waals surface area contributed by atoms with E-state index in [0.717, 1.165) is 30.3 Å². The van der Waals surface area contributed by atoms with Gasteiger partial charge in [-0.3, -0.25) is 0 Å². The Balaban J connectivity index is 1.24. The van der Waals surface area contributed by atoms with Gasteiger partial charge in [-0.1, -0.05) is 30.3 Å². The number of halogens is 2. The molecule has 1 aliphatic carbocycles. The molecule has 1 aliphatic rings. The van der Waals surface area contributed by atoms with Gasteiger partial charge in [0.1, 0.15) is 24.1 Å². The quantitative estimate of drug-likeness (QED) is 0.224. The molecule has 0 spiro atoms.